The Labute approximate surface area is 160 Å². The maximum absolute atomic E-state index is 13.1. The summed E-state index contributed by atoms with van der Waals surface area (Å²) in [6.45, 7) is 3.58. The predicted molar refractivity (Wildman–Crippen MR) is 102 cm³/mol. The number of halogens is 1. The average molecular weight is 416 g/mol. The molecule has 0 bridgehead atoms. The second-order valence-corrected chi connectivity index (χ2v) is 10.1. The molecule has 1 aromatic carbocycles. The van der Waals surface area contributed by atoms with Gasteiger partial charge < -0.3 is 0 Å². The first-order valence-corrected chi connectivity index (χ1v) is 11.2. The van der Waals surface area contributed by atoms with Gasteiger partial charge in [0.05, 0.1) is 26.8 Å². The lowest BCUT2D eigenvalue weighted by Gasteiger charge is -2.15. The first kappa shape index (κ1) is 18.9. The molecule has 2 unspecified atom stereocenters. The molecule has 148 valence electrons. The van der Waals surface area contributed by atoms with Gasteiger partial charge in [0.1, 0.15) is 6.67 Å². The van der Waals surface area contributed by atoms with Gasteiger partial charge in [-0.05, 0) is 44.9 Å². The van der Waals surface area contributed by atoms with Gasteiger partial charge in [0.15, 0.2) is 5.50 Å². The number of hydrazine groups is 1. The summed E-state index contributed by atoms with van der Waals surface area (Å²) < 4.78 is 44.2. The first-order chi connectivity index (χ1) is 12.8. The lowest BCUT2D eigenvalue weighted by atomic mass is 10.3. The van der Waals surface area contributed by atoms with E-state index in [1.807, 2.05) is 13.8 Å². The Hall–Kier alpha value is -1.40. The molecule has 1 aliphatic heterocycles. The Kier molecular flexibility index (Phi) is 4.62. The van der Waals surface area contributed by atoms with Crippen molar-refractivity contribution in [3.05, 3.63) is 28.7 Å². The van der Waals surface area contributed by atoms with Crippen molar-refractivity contribution in [2.75, 3.05) is 6.67 Å². The second-order valence-electron chi connectivity index (χ2n) is 6.99. The normalized spacial score (nSPS) is 24.6. The summed E-state index contributed by atoms with van der Waals surface area (Å²) >= 11 is 1.52. The van der Waals surface area contributed by atoms with E-state index >= 15 is 0 Å². The fourth-order valence-corrected chi connectivity index (χ4v) is 5.74. The van der Waals surface area contributed by atoms with Crippen molar-refractivity contribution in [2.45, 2.75) is 54.5 Å². The number of fused-ring (bicyclic) bond motifs is 1. The quantitative estimate of drug-likeness (QED) is 0.657. The van der Waals surface area contributed by atoms with Crippen molar-refractivity contribution >= 4 is 32.8 Å². The fourth-order valence-electron chi connectivity index (χ4n) is 3.29. The Morgan fingerprint density at radius 2 is 2.07 bits per heavy atom. The third-order valence-electron chi connectivity index (χ3n) is 5.00. The fraction of sp³-hybridized carbons (Fsp3) is 0.562. The molecule has 0 radical (unpaired) electrons. The minimum atomic E-state index is -3.88. The van der Waals surface area contributed by atoms with E-state index in [-0.39, 0.29) is 21.5 Å². The Bertz CT molecular complexity index is 1040. The zero-order valence-corrected chi connectivity index (χ0v) is 16.7. The summed E-state index contributed by atoms with van der Waals surface area (Å²) in [5.74, 6) is 0. The molecular formula is C16H22FN5O3S2. The summed E-state index contributed by atoms with van der Waals surface area (Å²) in [6.07, 6.45) is 0.988. The molecule has 8 nitrogen and oxygen atoms in total. The van der Waals surface area contributed by atoms with Crippen LogP contribution >= 0.6 is 11.8 Å². The smallest absolute Gasteiger partial charge is 0.292 e. The van der Waals surface area contributed by atoms with E-state index in [0.29, 0.717) is 30.4 Å². The van der Waals surface area contributed by atoms with Gasteiger partial charge in [-0.3, -0.25) is 9.13 Å². The Morgan fingerprint density at radius 1 is 1.33 bits per heavy atom. The highest BCUT2D eigenvalue weighted by Crippen LogP contribution is 2.37. The number of alkyl halides is 1. The van der Waals surface area contributed by atoms with E-state index in [1.54, 1.807) is 15.2 Å². The van der Waals surface area contributed by atoms with Crippen molar-refractivity contribution in [2.24, 2.45) is 0 Å². The molecule has 1 aromatic heterocycles. The molecule has 0 spiro atoms. The number of thioether (sulfide) groups is 1. The molecule has 2 fully saturated rings. The van der Waals surface area contributed by atoms with E-state index in [1.165, 1.54) is 23.9 Å². The molecule has 1 saturated heterocycles. The Balaban J connectivity index is 1.82. The summed E-state index contributed by atoms with van der Waals surface area (Å²) in [5.41, 5.74) is 5.76. The number of hydrogen-bond donors (Lipinski definition) is 3. The third kappa shape index (κ3) is 3.21. The molecule has 2 heterocycles. The lowest BCUT2D eigenvalue weighted by Crippen LogP contribution is -2.38. The van der Waals surface area contributed by atoms with E-state index in [4.69, 9.17) is 0 Å². The molecule has 2 aliphatic rings. The maximum atomic E-state index is 13.1. The van der Waals surface area contributed by atoms with Gasteiger partial charge in [-0.15, -0.1) is 0 Å². The highest BCUT2D eigenvalue weighted by molar-refractivity contribution is 8.00. The number of aromatic nitrogens is 2. The summed E-state index contributed by atoms with van der Waals surface area (Å²) in [7, 11) is -3.88. The van der Waals surface area contributed by atoms with E-state index in [2.05, 4.69) is 15.6 Å². The van der Waals surface area contributed by atoms with Crippen LogP contribution in [-0.2, 0) is 16.6 Å². The van der Waals surface area contributed by atoms with Crippen molar-refractivity contribution in [3.8, 4) is 0 Å². The van der Waals surface area contributed by atoms with Crippen molar-refractivity contribution < 1.29 is 12.8 Å². The standard InChI is InChI=1S/C16H22FN5O3S2/c1-3-21-12-5-4-11(27(24,25)20-16(9-17)6-7-16)8-13(12)22(15(21)23)14-19-18-10(2)26-14/h4-5,8,10,14,18-20H,3,6-7,9H2,1-2H3. The van der Waals surface area contributed by atoms with Crippen LogP contribution in [0.2, 0.25) is 0 Å². The first-order valence-electron chi connectivity index (χ1n) is 8.81. The Morgan fingerprint density at radius 3 is 2.63 bits per heavy atom. The largest absolute Gasteiger partial charge is 0.331 e. The van der Waals surface area contributed by atoms with Crippen LogP contribution in [0.15, 0.2) is 27.9 Å². The molecule has 3 N–H and O–H groups in total. The molecular weight excluding hydrogens is 393 g/mol. The van der Waals surface area contributed by atoms with Gasteiger partial charge in [0.2, 0.25) is 10.0 Å². The van der Waals surface area contributed by atoms with Gasteiger partial charge in [0.25, 0.3) is 0 Å². The zero-order valence-electron chi connectivity index (χ0n) is 15.0. The highest BCUT2D eigenvalue weighted by atomic mass is 32.2. The molecule has 2 atom stereocenters. The molecule has 2 aromatic rings. The van der Waals surface area contributed by atoms with E-state index in [0.717, 1.165) is 0 Å². The van der Waals surface area contributed by atoms with Gasteiger partial charge in [0, 0.05) is 6.54 Å². The molecule has 4 rings (SSSR count). The minimum Gasteiger partial charge on any atom is -0.292 e. The minimum absolute atomic E-state index is 0.0285. The summed E-state index contributed by atoms with van der Waals surface area (Å²) in [4.78, 5) is 12.9. The average Bonchev–Trinajstić information content (AvgIpc) is 3.16. The highest BCUT2D eigenvalue weighted by Gasteiger charge is 2.46. The molecule has 1 aliphatic carbocycles. The monoisotopic (exact) mass is 415 g/mol. The predicted octanol–water partition coefficient (Wildman–Crippen LogP) is 1.25. The number of imidazole rings is 1. The van der Waals surface area contributed by atoms with Crippen molar-refractivity contribution in [1.29, 1.82) is 0 Å². The molecule has 0 amide bonds. The van der Waals surface area contributed by atoms with E-state index in [9.17, 15) is 17.6 Å². The topological polar surface area (TPSA) is 97.2 Å². The summed E-state index contributed by atoms with van der Waals surface area (Å²) in [6, 6.07) is 4.59. The lowest BCUT2D eigenvalue weighted by molar-refractivity contribution is 0.393. The van der Waals surface area contributed by atoms with Crippen LogP contribution in [0.25, 0.3) is 11.0 Å². The van der Waals surface area contributed by atoms with Crippen LogP contribution in [0.5, 0.6) is 0 Å². The van der Waals surface area contributed by atoms with Crippen LogP contribution in [-0.4, -0.2) is 35.1 Å². The molecule has 1 saturated carbocycles. The number of nitrogens with one attached hydrogen (secondary N) is 3. The van der Waals surface area contributed by atoms with Gasteiger partial charge in [-0.2, -0.15) is 0 Å². The van der Waals surface area contributed by atoms with Crippen molar-refractivity contribution in [3.63, 3.8) is 0 Å². The number of aryl methyl sites for hydroxylation is 1. The number of benzene rings is 1. The van der Waals surface area contributed by atoms with Crippen molar-refractivity contribution in [1.82, 2.24) is 24.7 Å². The SMILES string of the molecule is CCn1c(=O)n(C2NNC(C)S2)c2cc(S(=O)(=O)NC3(CF)CC3)ccc21. The maximum Gasteiger partial charge on any atom is 0.331 e. The number of hydrogen-bond acceptors (Lipinski definition) is 6. The van der Waals surface area contributed by atoms with Crippen LogP contribution in [0, 0.1) is 0 Å². The zero-order chi connectivity index (χ0) is 19.4. The van der Waals surface area contributed by atoms with Gasteiger partial charge in [-0.1, -0.05) is 11.8 Å². The van der Waals surface area contributed by atoms with E-state index < -0.39 is 22.2 Å². The van der Waals surface area contributed by atoms with Crippen LogP contribution in [0.1, 0.15) is 32.2 Å². The van der Waals surface area contributed by atoms with Gasteiger partial charge >= 0.3 is 5.69 Å². The third-order valence-corrected chi connectivity index (χ3v) is 7.69. The number of nitrogens with zero attached hydrogens (tertiary/aromatic N) is 2. The molecule has 27 heavy (non-hydrogen) atoms. The van der Waals surface area contributed by atoms with Crippen LogP contribution < -0.4 is 21.3 Å². The van der Waals surface area contributed by atoms with Gasteiger partial charge in [-0.25, -0.2) is 33.2 Å². The second kappa shape index (κ2) is 6.59. The van der Waals surface area contributed by atoms with Crippen LogP contribution in [0.3, 0.4) is 0 Å². The number of rotatable bonds is 6. The number of sulfonamides is 1. The van der Waals surface area contributed by atoms with Crippen LogP contribution in [0.4, 0.5) is 4.39 Å². The summed E-state index contributed by atoms with van der Waals surface area (Å²) in [5, 5.41) is 0.106. The molecule has 11 heteroatoms.